The summed E-state index contributed by atoms with van der Waals surface area (Å²) in [7, 11) is -2.61. The lowest BCUT2D eigenvalue weighted by Crippen LogP contribution is -2.16. The molecule has 0 radical (unpaired) electrons. The number of nitrogens with one attached hydrogen (secondary N) is 1. The molecule has 0 aliphatic heterocycles. The number of primary sulfonamides is 1. The van der Waals surface area contributed by atoms with Crippen molar-refractivity contribution in [3.63, 3.8) is 0 Å². The topological polar surface area (TPSA) is 98.5 Å². The van der Waals surface area contributed by atoms with Crippen LogP contribution in [0.15, 0.2) is 41.3 Å². The van der Waals surface area contributed by atoms with E-state index < -0.39 is 10.0 Å². The highest BCUT2D eigenvalue weighted by atomic mass is 32.2. The molecule has 0 atom stereocenters. The highest BCUT2D eigenvalue weighted by Gasteiger charge is 2.16. The Hall–Kier alpha value is -2.38. The smallest absolute Gasteiger partial charge is 0.255 e. The van der Waals surface area contributed by atoms with E-state index in [1.54, 1.807) is 18.2 Å². The summed E-state index contributed by atoms with van der Waals surface area (Å²) in [6, 6.07) is 9.74. The van der Waals surface area contributed by atoms with Crippen LogP contribution in [-0.2, 0) is 10.0 Å². The number of carbonyl (C=O) groups is 1. The molecule has 2 aromatic carbocycles. The van der Waals surface area contributed by atoms with Crippen LogP contribution in [0, 0.1) is 13.8 Å². The molecule has 0 fully saturated rings. The third-order valence-corrected chi connectivity index (χ3v) is 4.14. The van der Waals surface area contributed by atoms with Crippen LogP contribution in [0.4, 0.5) is 5.69 Å². The van der Waals surface area contributed by atoms with Crippen molar-refractivity contribution < 1.29 is 17.9 Å². The number of carbonyl (C=O) groups excluding carboxylic acids is 1. The Kier molecular flexibility index (Phi) is 4.72. The van der Waals surface area contributed by atoms with Gasteiger partial charge in [-0.3, -0.25) is 4.79 Å². The molecule has 0 unspecified atom stereocenters. The predicted molar refractivity (Wildman–Crippen MR) is 88.2 cm³/mol. The first-order valence-electron chi connectivity index (χ1n) is 6.81. The monoisotopic (exact) mass is 334 g/mol. The van der Waals surface area contributed by atoms with Crippen molar-refractivity contribution in [3.05, 3.63) is 53.1 Å². The molecule has 1 amide bonds. The van der Waals surface area contributed by atoms with E-state index in [-0.39, 0.29) is 16.6 Å². The number of ether oxygens (including phenoxy) is 1. The number of hydrogen-bond donors (Lipinski definition) is 2. The van der Waals surface area contributed by atoms with Gasteiger partial charge in [-0.1, -0.05) is 17.2 Å². The quantitative estimate of drug-likeness (QED) is 0.895. The molecule has 0 aliphatic rings. The van der Waals surface area contributed by atoms with E-state index in [0.717, 1.165) is 11.1 Å². The van der Waals surface area contributed by atoms with Crippen molar-refractivity contribution in [1.29, 1.82) is 0 Å². The van der Waals surface area contributed by atoms with Gasteiger partial charge in [0.2, 0.25) is 10.0 Å². The molecule has 2 aromatic rings. The third-order valence-electron chi connectivity index (χ3n) is 3.21. The van der Waals surface area contributed by atoms with Crippen LogP contribution >= 0.6 is 0 Å². The first-order valence-corrected chi connectivity index (χ1v) is 8.36. The van der Waals surface area contributed by atoms with Gasteiger partial charge in [0.15, 0.2) is 0 Å². The summed E-state index contributed by atoms with van der Waals surface area (Å²) >= 11 is 0. The fraction of sp³-hybridized carbons (Fsp3) is 0.188. The van der Waals surface area contributed by atoms with Gasteiger partial charge in [-0.15, -0.1) is 0 Å². The molecule has 0 bridgehead atoms. The SMILES string of the molecule is COc1ccc(NC(=O)c2cc(C)cc(C)c2)cc1S(N)(=O)=O. The molecule has 3 N–H and O–H groups in total. The van der Waals surface area contributed by atoms with Gasteiger partial charge in [-0.25, -0.2) is 13.6 Å². The van der Waals surface area contributed by atoms with Crippen LogP contribution in [0.1, 0.15) is 21.5 Å². The molecule has 7 heteroatoms. The highest BCUT2D eigenvalue weighted by molar-refractivity contribution is 7.89. The summed E-state index contributed by atoms with van der Waals surface area (Å²) in [5.74, 6) is -0.209. The molecular weight excluding hydrogens is 316 g/mol. The maximum absolute atomic E-state index is 12.3. The van der Waals surface area contributed by atoms with E-state index >= 15 is 0 Å². The second-order valence-corrected chi connectivity index (χ2v) is 6.77. The van der Waals surface area contributed by atoms with E-state index in [4.69, 9.17) is 9.88 Å². The maximum Gasteiger partial charge on any atom is 0.255 e. The van der Waals surface area contributed by atoms with Gasteiger partial charge in [0.1, 0.15) is 10.6 Å². The number of nitrogens with two attached hydrogens (primary N) is 1. The molecule has 23 heavy (non-hydrogen) atoms. The summed E-state index contributed by atoms with van der Waals surface area (Å²) in [5, 5.41) is 7.83. The fourth-order valence-electron chi connectivity index (χ4n) is 2.29. The van der Waals surface area contributed by atoms with Crippen molar-refractivity contribution >= 4 is 21.6 Å². The minimum Gasteiger partial charge on any atom is -0.495 e. The minimum atomic E-state index is -3.96. The number of methoxy groups -OCH3 is 1. The average Bonchev–Trinajstić information content (AvgIpc) is 2.45. The lowest BCUT2D eigenvalue weighted by molar-refractivity contribution is 0.102. The molecule has 122 valence electrons. The number of amides is 1. The highest BCUT2D eigenvalue weighted by Crippen LogP contribution is 2.26. The second-order valence-electron chi connectivity index (χ2n) is 5.24. The zero-order valence-electron chi connectivity index (χ0n) is 13.1. The van der Waals surface area contributed by atoms with E-state index in [0.29, 0.717) is 11.3 Å². The number of aryl methyl sites for hydroxylation is 2. The van der Waals surface area contributed by atoms with E-state index in [1.165, 1.54) is 19.2 Å². The Morgan fingerprint density at radius 3 is 2.22 bits per heavy atom. The van der Waals surface area contributed by atoms with Crippen LogP contribution in [0.25, 0.3) is 0 Å². The Morgan fingerprint density at radius 1 is 1.09 bits per heavy atom. The number of hydrogen-bond acceptors (Lipinski definition) is 4. The summed E-state index contributed by atoms with van der Waals surface area (Å²) in [6.07, 6.45) is 0. The molecule has 0 saturated heterocycles. The molecule has 0 spiro atoms. The largest absolute Gasteiger partial charge is 0.495 e. The Labute approximate surface area is 135 Å². The predicted octanol–water partition coefficient (Wildman–Crippen LogP) is 2.21. The van der Waals surface area contributed by atoms with Crippen LogP contribution in [0.5, 0.6) is 5.75 Å². The number of sulfonamides is 1. The molecule has 0 heterocycles. The number of rotatable bonds is 4. The molecule has 0 aliphatic carbocycles. The lowest BCUT2D eigenvalue weighted by Gasteiger charge is -2.11. The van der Waals surface area contributed by atoms with Gasteiger partial charge in [-0.2, -0.15) is 0 Å². The average molecular weight is 334 g/mol. The van der Waals surface area contributed by atoms with Crippen LogP contribution in [0.2, 0.25) is 0 Å². The summed E-state index contributed by atoms with van der Waals surface area (Å²) in [4.78, 5) is 12.1. The Morgan fingerprint density at radius 2 is 1.70 bits per heavy atom. The van der Waals surface area contributed by atoms with Crippen LogP contribution < -0.4 is 15.2 Å². The van der Waals surface area contributed by atoms with Gasteiger partial charge in [-0.05, 0) is 44.2 Å². The van der Waals surface area contributed by atoms with Gasteiger partial charge < -0.3 is 10.1 Å². The lowest BCUT2D eigenvalue weighted by atomic mass is 10.1. The van der Waals surface area contributed by atoms with Crippen LogP contribution in [-0.4, -0.2) is 21.4 Å². The number of anilines is 1. The molecule has 6 nitrogen and oxygen atoms in total. The minimum absolute atomic E-state index is 0.122. The Bertz CT molecular complexity index is 840. The van der Waals surface area contributed by atoms with Crippen molar-refractivity contribution in [3.8, 4) is 5.75 Å². The van der Waals surface area contributed by atoms with Crippen molar-refractivity contribution in [2.45, 2.75) is 18.7 Å². The third kappa shape index (κ3) is 4.08. The summed E-state index contributed by atoms with van der Waals surface area (Å²) in [6.45, 7) is 3.80. The first kappa shape index (κ1) is 17.0. The van der Waals surface area contributed by atoms with Gasteiger partial charge in [0.05, 0.1) is 7.11 Å². The summed E-state index contributed by atoms with van der Waals surface area (Å²) < 4.78 is 28.2. The van der Waals surface area contributed by atoms with Crippen molar-refractivity contribution in [2.24, 2.45) is 5.14 Å². The molecule has 0 saturated carbocycles. The van der Waals surface area contributed by atoms with E-state index in [2.05, 4.69) is 5.32 Å². The normalized spacial score (nSPS) is 11.1. The molecular formula is C16H18N2O4S. The maximum atomic E-state index is 12.3. The van der Waals surface area contributed by atoms with Crippen molar-refractivity contribution in [2.75, 3.05) is 12.4 Å². The first-order chi connectivity index (χ1) is 10.7. The molecule has 2 rings (SSSR count). The Balaban J connectivity index is 2.35. The van der Waals surface area contributed by atoms with Gasteiger partial charge in [0.25, 0.3) is 5.91 Å². The zero-order chi connectivity index (χ0) is 17.2. The van der Waals surface area contributed by atoms with Crippen LogP contribution in [0.3, 0.4) is 0 Å². The second kappa shape index (κ2) is 6.39. The number of benzene rings is 2. The van der Waals surface area contributed by atoms with E-state index in [9.17, 15) is 13.2 Å². The summed E-state index contributed by atoms with van der Waals surface area (Å²) in [5.41, 5.74) is 2.75. The van der Waals surface area contributed by atoms with Gasteiger partial charge >= 0.3 is 0 Å². The molecule has 0 aromatic heterocycles. The van der Waals surface area contributed by atoms with E-state index in [1.807, 2.05) is 19.9 Å². The standard InChI is InChI=1S/C16H18N2O4S/c1-10-6-11(2)8-12(7-10)16(19)18-13-4-5-14(22-3)15(9-13)23(17,20)21/h4-9H,1-3H3,(H,18,19)(H2,17,20,21). The fourth-order valence-corrected chi connectivity index (χ4v) is 3.01. The zero-order valence-corrected chi connectivity index (χ0v) is 13.9. The van der Waals surface area contributed by atoms with Crippen molar-refractivity contribution in [1.82, 2.24) is 0 Å². The van der Waals surface area contributed by atoms with Gasteiger partial charge in [0, 0.05) is 11.3 Å².